The standard InChI is InChI=1S/C20H19F4N5O/c1-11-25-15(10-17(30)26-11)18-16-5-3-4-8-19(2,29(16)28-27-18)13-7-6-12(9-14(13)21)20(22,23)24/h6-7,9-10H,3-5,8H2,1-2H3,(H,25,26,30)/t19-/m1/s1. The van der Waals surface area contributed by atoms with Gasteiger partial charge in [0.15, 0.2) is 0 Å². The summed E-state index contributed by atoms with van der Waals surface area (Å²) in [5, 5.41) is 8.41. The number of hydrogen-bond acceptors (Lipinski definition) is 4. The van der Waals surface area contributed by atoms with Gasteiger partial charge in [-0.1, -0.05) is 17.7 Å². The predicted molar refractivity (Wildman–Crippen MR) is 100 cm³/mol. The maximum Gasteiger partial charge on any atom is 0.416 e. The number of fused-ring (bicyclic) bond motifs is 1. The van der Waals surface area contributed by atoms with Crippen LogP contribution in [0.4, 0.5) is 17.6 Å². The van der Waals surface area contributed by atoms with Gasteiger partial charge in [-0.15, -0.1) is 5.10 Å². The molecule has 0 radical (unpaired) electrons. The zero-order valence-electron chi connectivity index (χ0n) is 16.3. The Labute approximate surface area is 169 Å². The number of nitrogens with one attached hydrogen (secondary N) is 1. The molecule has 3 heterocycles. The Morgan fingerprint density at radius 2 is 1.97 bits per heavy atom. The second-order valence-corrected chi connectivity index (χ2v) is 7.69. The Morgan fingerprint density at radius 1 is 1.20 bits per heavy atom. The van der Waals surface area contributed by atoms with Crippen molar-refractivity contribution in [1.82, 2.24) is 25.0 Å². The fourth-order valence-corrected chi connectivity index (χ4v) is 4.07. The molecule has 0 fully saturated rings. The first-order chi connectivity index (χ1) is 14.1. The van der Waals surface area contributed by atoms with Gasteiger partial charge in [0.1, 0.15) is 23.0 Å². The zero-order chi connectivity index (χ0) is 21.7. The van der Waals surface area contributed by atoms with Gasteiger partial charge in [-0.2, -0.15) is 13.2 Å². The van der Waals surface area contributed by atoms with Crippen LogP contribution in [0.3, 0.4) is 0 Å². The van der Waals surface area contributed by atoms with E-state index < -0.39 is 23.1 Å². The van der Waals surface area contributed by atoms with Crippen molar-refractivity contribution in [3.05, 3.63) is 63.1 Å². The maximum absolute atomic E-state index is 14.9. The molecular weight excluding hydrogens is 402 g/mol. The summed E-state index contributed by atoms with van der Waals surface area (Å²) in [5.41, 5.74) is -0.828. The van der Waals surface area contributed by atoms with Crippen LogP contribution in [-0.2, 0) is 18.1 Å². The molecule has 0 spiro atoms. The highest BCUT2D eigenvalue weighted by molar-refractivity contribution is 5.57. The average Bonchev–Trinajstić information content (AvgIpc) is 3.01. The molecule has 0 saturated carbocycles. The normalized spacial score (nSPS) is 19.4. The largest absolute Gasteiger partial charge is 0.416 e. The molecule has 30 heavy (non-hydrogen) atoms. The number of H-pyrrole nitrogens is 1. The summed E-state index contributed by atoms with van der Waals surface area (Å²) in [6.45, 7) is 3.39. The van der Waals surface area contributed by atoms with E-state index in [9.17, 15) is 22.4 Å². The zero-order valence-corrected chi connectivity index (χ0v) is 16.3. The van der Waals surface area contributed by atoms with E-state index in [1.807, 2.05) is 0 Å². The highest BCUT2D eigenvalue weighted by Crippen LogP contribution is 2.40. The van der Waals surface area contributed by atoms with Gasteiger partial charge in [-0.05, 0) is 45.2 Å². The number of aromatic nitrogens is 5. The van der Waals surface area contributed by atoms with Gasteiger partial charge in [0.2, 0.25) is 0 Å². The van der Waals surface area contributed by atoms with Crippen molar-refractivity contribution in [2.45, 2.75) is 51.2 Å². The predicted octanol–water partition coefficient (Wildman–Crippen LogP) is 3.98. The fourth-order valence-electron chi connectivity index (χ4n) is 4.07. The second kappa shape index (κ2) is 7.03. The molecule has 6 nitrogen and oxygen atoms in total. The number of rotatable bonds is 2. The number of aryl methyl sites for hydroxylation is 1. The van der Waals surface area contributed by atoms with Crippen molar-refractivity contribution in [1.29, 1.82) is 0 Å². The maximum atomic E-state index is 14.9. The first kappa shape index (κ1) is 20.2. The molecule has 1 aliphatic rings. The summed E-state index contributed by atoms with van der Waals surface area (Å²) >= 11 is 0. The van der Waals surface area contributed by atoms with Crippen molar-refractivity contribution >= 4 is 0 Å². The first-order valence-electron chi connectivity index (χ1n) is 9.50. The van der Waals surface area contributed by atoms with Gasteiger partial charge in [0.25, 0.3) is 5.56 Å². The second-order valence-electron chi connectivity index (χ2n) is 7.69. The summed E-state index contributed by atoms with van der Waals surface area (Å²) in [6.07, 6.45) is -2.08. The molecule has 0 aliphatic carbocycles. The Kier molecular flexibility index (Phi) is 4.74. The molecule has 158 valence electrons. The Balaban J connectivity index is 1.86. The smallest absolute Gasteiger partial charge is 0.311 e. The van der Waals surface area contributed by atoms with Gasteiger partial charge in [0, 0.05) is 11.6 Å². The van der Waals surface area contributed by atoms with Crippen LogP contribution in [0.25, 0.3) is 11.4 Å². The lowest BCUT2D eigenvalue weighted by molar-refractivity contribution is -0.137. The molecule has 1 aliphatic heterocycles. The molecule has 3 aromatic rings. The monoisotopic (exact) mass is 421 g/mol. The van der Waals surface area contributed by atoms with Crippen molar-refractivity contribution in [3.63, 3.8) is 0 Å². The number of nitrogens with zero attached hydrogens (tertiary/aromatic N) is 4. The number of alkyl halides is 3. The molecule has 1 atom stereocenters. The summed E-state index contributed by atoms with van der Waals surface area (Å²) in [6, 6.07) is 3.89. The molecule has 0 saturated heterocycles. The third-order valence-corrected chi connectivity index (χ3v) is 5.54. The minimum absolute atomic E-state index is 0.116. The molecule has 4 rings (SSSR count). The summed E-state index contributed by atoms with van der Waals surface area (Å²) in [4.78, 5) is 18.7. The van der Waals surface area contributed by atoms with E-state index >= 15 is 0 Å². The van der Waals surface area contributed by atoms with Crippen LogP contribution in [0.5, 0.6) is 0 Å². The quantitative estimate of drug-likeness (QED) is 0.635. The van der Waals surface area contributed by atoms with Crippen LogP contribution in [0.15, 0.2) is 29.1 Å². The fraction of sp³-hybridized carbons (Fsp3) is 0.400. The van der Waals surface area contributed by atoms with Crippen LogP contribution in [-0.4, -0.2) is 25.0 Å². The lowest BCUT2D eigenvalue weighted by atomic mass is 9.86. The average molecular weight is 421 g/mol. The van der Waals surface area contributed by atoms with E-state index in [0.29, 0.717) is 41.8 Å². The molecule has 10 heteroatoms. The van der Waals surface area contributed by atoms with Gasteiger partial charge >= 0.3 is 6.18 Å². The van der Waals surface area contributed by atoms with Crippen LogP contribution >= 0.6 is 0 Å². The number of hydrogen-bond donors (Lipinski definition) is 1. The van der Waals surface area contributed by atoms with Gasteiger partial charge in [-0.25, -0.2) is 14.1 Å². The molecule has 0 unspecified atom stereocenters. The lowest BCUT2D eigenvalue weighted by Crippen LogP contribution is -2.34. The van der Waals surface area contributed by atoms with E-state index in [-0.39, 0.29) is 11.1 Å². The Morgan fingerprint density at radius 3 is 2.63 bits per heavy atom. The van der Waals surface area contributed by atoms with Crippen LogP contribution in [0.2, 0.25) is 0 Å². The molecule has 0 bridgehead atoms. The minimum Gasteiger partial charge on any atom is -0.311 e. The topological polar surface area (TPSA) is 76.5 Å². The highest BCUT2D eigenvalue weighted by atomic mass is 19.4. The number of halogens is 4. The minimum atomic E-state index is -4.63. The SMILES string of the molecule is Cc1nc(-c2nnn3c2CCCC[C@]3(C)c2ccc(C(F)(F)F)cc2F)cc(=O)[nH]1. The number of aromatic amines is 1. The van der Waals surface area contributed by atoms with E-state index in [1.54, 1.807) is 18.5 Å². The molecule has 2 aromatic heterocycles. The summed E-state index contributed by atoms with van der Waals surface area (Å²) in [5.74, 6) is -0.522. The van der Waals surface area contributed by atoms with Crippen LogP contribution in [0.1, 0.15) is 48.8 Å². The Bertz CT molecular complexity index is 1170. The molecule has 0 amide bonds. The lowest BCUT2D eigenvalue weighted by Gasteiger charge is -2.31. The van der Waals surface area contributed by atoms with Crippen molar-refractivity contribution in [2.75, 3.05) is 0 Å². The third-order valence-electron chi connectivity index (χ3n) is 5.54. The van der Waals surface area contributed by atoms with Gasteiger partial charge in [0.05, 0.1) is 16.8 Å². The molecule has 1 aromatic carbocycles. The van der Waals surface area contributed by atoms with Crippen LogP contribution < -0.4 is 5.56 Å². The van der Waals surface area contributed by atoms with E-state index in [4.69, 9.17) is 0 Å². The van der Waals surface area contributed by atoms with Crippen molar-refractivity contribution in [2.24, 2.45) is 0 Å². The summed E-state index contributed by atoms with van der Waals surface area (Å²) < 4.78 is 55.3. The third kappa shape index (κ3) is 3.40. The van der Waals surface area contributed by atoms with E-state index in [0.717, 1.165) is 18.9 Å². The molecular formula is C20H19F4N5O. The Hall–Kier alpha value is -3.04. The van der Waals surface area contributed by atoms with E-state index in [1.165, 1.54) is 12.1 Å². The number of benzene rings is 1. The summed E-state index contributed by atoms with van der Waals surface area (Å²) in [7, 11) is 0. The van der Waals surface area contributed by atoms with Gasteiger partial charge in [-0.3, -0.25) is 4.79 Å². The van der Waals surface area contributed by atoms with Crippen LogP contribution in [0, 0.1) is 12.7 Å². The highest BCUT2D eigenvalue weighted by Gasteiger charge is 2.39. The molecule has 1 N–H and O–H groups in total. The van der Waals surface area contributed by atoms with Crippen molar-refractivity contribution < 1.29 is 17.6 Å². The van der Waals surface area contributed by atoms with Gasteiger partial charge < -0.3 is 4.98 Å². The van der Waals surface area contributed by atoms with E-state index in [2.05, 4.69) is 20.3 Å². The first-order valence-corrected chi connectivity index (χ1v) is 9.50. The van der Waals surface area contributed by atoms with Crippen molar-refractivity contribution in [3.8, 4) is 11.4 Å².